The van der Waals surface area contributed by atoms with Gasteiger partial charge in [-0.05, 0) is 6.07 Å². The summed E-state index contributed by atoms with van der Waals surface area (Å²) < 4.78 is 0. The van der Waals surface area contributed by atoms with Gasteiger partial charge in [0.05, 0.1) is 17.4 Å². The fourth-order valence-electron chi connectivity index (χ4n) is 1.29. The third-order valence-corrected chi connectivity index (χ3v) is 1.91. The van der Waals surface area contributed by atoms with Gasteiger partial charge in [-0.25, -0.2) is 0 Å². The number of pyridine rings is 1. The maximum absolute atomic E-state index is 10.6. The molecule has 1 aromatic rings. The molecule has 0 saturated carbocycles. The van der Waals surface area contributed by atoms with E-state index >= 15 is 0 Å². The molecule has 0 aliphatic carbocycles. The van der Waals surface area contributed by atoms with Crippen molar-refractivity contribution in [3.63, 3.8) is 0 Å². The molecular weight excluding hydrogens is 226 g/mol. The maximum Gasteiger partial charge on any atom is 0.323 e. The van der Waals surface area contributed by atoms with E-state index in [9.17, 15) is 9.59 Å². The molecule has 1 rings (SSSR count). The first-order valence-electron chi connectivity index (χ1n) is 4.57. The van der Waals surface area contributed by atoms with Crippen LogP contribution in [0.2, 0.25) is 0 Å². The molecule has 0 radical (unpaired) electrons. The molecule has 0 bridgehead atoms. The van der Waals surface area contributed by atoms with Gasteiger partial charge in [0.1, 0.15) is 19.2 Å². The number of carbonyl (C=O) groups is 2. The monoisotopic (exact) mass is 235 g/mol. The Morgan fingerprint density at radius 1 is 1.35 bits per heavy atom. The number of nitriles is 1. The molecule has 1 aromatic heterocycles. The number of carboxylic acids is 2. The van der Waals surface area contributed by atoms with E-state index in [0.717, 1.165) is 4.90 Å². The van der Waals surface area contributed by atoms with Gasteiger partial charge in [0.2, 0.25) is 0 Å². The molecular formula is C10H9N3O4. The van der Waals surface area contributed by atoms with Crippen molar-refractivity contribution < 1.29 is 19.8 Å². The Hall–Kier alpha value is -2.62. The molecule has 88 valence electrons. The van der Waals surface area contributed by atoms with E-state index in [1.807, 2.05) is 6.07 Å². The highest BCUT2D eigenvalue weighted by molar-refractivity contribution is 5.80. The second-order valence-electron chi connectivity index (χ2n) is 3.15. The van der Waals surface area contributed by atoms with Gasteiger partial charge in [0.25, 0.3) is 0 Å². The molecule has 7 nitrogen and oxygen atoms in total. The normalized spacial score (nSPS) is 9.35. The molecule has 0 aliphatic heterocycles. The first-order chi connectivity index (χ1) is 8.04. The molecule has 0 atom stereocenters. The summed E-state index contributed by atoms with van der Waals surface area (Å²) in [5.74, 6) is -2.36. The van der Waals surface area contributed by atoms with E-state index < -0.39 is 25.0 Å². The predicted molar refractivity (Wildman–Crippen MR) is 56.4 cm³/mol. The summed E-state index contributed by atoms with van der Waals surface area (Å²) in [7, 11) is 0. The van der Waals surface area contributed by atoms with E-state index in [1.165, 1.54) is 18.5 Å². The van der Waals surface area contributed by atoms with Crippen LogP contribution < -0.4 is 4.90 Å². The highest BCUT2D eigenvalue weighted by atomic mass is 16.4. The van der Waals surface area contributed by atoms with Gasteiger partial charge < -0.3 is 15.1 Å². The van der Waals surface area contributed by atoms with Gasteiger partial charge in [-0.15, -0.1) is 0 Å². The summed E-state index contributed by atoms with van der Waals surface area (Å²) in [6.07, 6.45) is 2.65. The van der Waals surface area contributed by atoms with Crippen LogP contribution in [-0.4, -0.2) is 40.2 Å². The van der Waals surface area contributed by atoms with Crippen LogP contribution in [0.5, 0.6) is 0 Å². The van der Waals surface area contributed by atoms with Crippen molar-refractivity contribution in [2.45, 2.75) is 0 Å². The van der Waals surface area contributed by atoms with Crippen LogP contribution in [0.1, 0.15) is 5.56 Å². The van der Waals surface area contributed by atoms with Crippen molar-refractivity contribution in [3.05, 3.63) is 24.0 Å². The van der Waals surface area contributed by atoms with Crippen molar-refractivity contribution in [3.8, 4) is 6.07 Å². The molecule has 0 saturated heterocycles. The third kappa shape index (κ3) is 3.46. The molecule has 17 heavy (non-hydrogen) atoms. The Labute approximate surface area is 96.5 Å². The number of hydrogen-bond donors (Lipinski definition) is 2. The van der Waals surface area contributed by atoms with Crippen LogP contribution >= 0.6 is 0 Å². The Kier molecular flexibility index (Phi) is 4.00. The lowest BCUT2D eigenvalue weighted by molar-refractivity contribution is -0.136. The lowest BCUT2D eigenvalue weighted by Crippen LogP contribution is -2.35. The topological polar surface area (TPSA) is 115 Å². The van der Waals surface area contributed by atoms with Crippen molar-refractivity contribution in [1.82, 2.24) is 4.98 Å². The number of aliphatic carboxylic acids is 2. The number of aromatic nitrogens is 1. The van der Waals surface area contributed by atoms with Crippen LogP contribution in [0.3, 0.4) is 0 Å². The lowest BCUT2D eigenvalue weighted by atomic mass is 10.2. The second-order valence-corrected chi connectivity index (χ2v) is 3.15. The van der Waals surface area contributed by atoms with Gasteiger partial charge >= 0.3 is 11.9 Å². The third-order valence-electron chi connectivity index (χ3n) is 1.91. The minimum absolute atomic E-state index is 0.183. The number of rotatable bonds is 5. The molecule has 0 fully saturated rings. The zero-order chi connectivity index (χ0) is 12.8. The Morgan fingerprint density at radius 3 is 2.41 bits per heavy atom. The van der Waals surface area contributed by atoms with Crippen molar-refractivity contribution in [2.24, 2.45) is 0 Å². The van der Waals surface area contributed by atoms with E-state index in [-0.39, 0.29) is 11.3 Å². The average Bonchev–Trinajstić information content (AvgIpc) is 2.27. The molecule has 1 heterocycles. The minimum Gasteiger partial charge on any atom is -0.480 e. The van der Waals surface area contributed by atoms with E-state index in [0.29, 0.717) is 0 Å². The fourth-order valence-corrected chi connectivity index (χ4v) is 1.29. The number of hydrogen-bond acceptors (Lipinski definition) is 5. The Balaban J connectivity index is 3.07. The quantitative estimate of drug-likeness (QED) is 0.733. The molecule has 7 heteroatoms. The van der Waals surface area contributed by atoms with Crippen LogP contribution in [-0.2, 0) is 9.59 Å². The number of anilines is 1. The summed E-state index contributed by atoms with van der Waals surface area (Å²) in [5, 5.41) is 26.2. The highest BCUT2D eigenvalue weighted by Gasteiger charge is 2.17. The molecule has 0 aromatic carbocycles. The Bertz CT molecular complexity index is 465. The van der Waals surface area contributed by atoms with Gasteiger partial charge in [-0.1, -0.05) is 0 Å². The lowest BCUT2D eigenvalue weighted by Gasteiger charge is -2.20. The van der Waals surface area contributed by atoms with Gasteiger partial charge in [-0.3, -0.25) is 14.6 Å². The SMILES string of the molecule is N#Cc1ccncc1N(CC(=O)O)CC(=O)O. The Morgan fingerprint density at radius 2 is 1.94 bits per heavy atom. The fraction of sp³-hybridized carbons (Fsp3) is 0.200. The number of nitrogens with zero attached hydrogens (tertiary/aromatic N) is 3. The summed E-state index contributed by atoms with van der Waals surface area (Å²) in [4.78, 5) is 26.1. The van der Waals surface area contributed by atoms with Gasteiger partial charge in [0.15, 0.2) is 0 Å². The highest BCUT2D eigenvalue weighted by Crippen LogP contribution is 2.17. The predicted octanol–water partition coefficient (Wildman–Crippen LogP) is -0.0711. The zero-order valence-electron chi connectivity index (χ0n) is 8.70. The van der Waals surface area contributed by atoms with Crippen LogP contribution in [0.4, 0.5) is 5.69 Å². The van der Waals surface area contributed by atoms with Crippen LogP contribution in [0.25, 0.3) is 0 Å². The number of carboxylic acid groups (broad SMARTS) is 2. The molecule has 0 amide bonds. The summed E-state index contributed by atoms with van der Waals surface area (Å²) >= 11 is 0. The van der Waals surface area contributed by atoms with Crippen molar-refractivity contribution in [2.75, 3.05) is 18.0 Å². The average molecular weight is 235 g/mol. The van der Waals surface area contributed by atoms with Crippen LogP contribution in [0, 0.1) is 11.3 Å². The molecule has 2 N–H and O–H groups in total. The molecule has 0 aliphatic rings. The summed E-state index contributed by atoms with van der Waals surface area (Å²) in [5.41, 5.74) is 0.377. The second kappa shape index (κ2) is 5.46. The van der Waals surface area contributed by atoms with Gasteiger partial charge in [0, 0.05) is 6.20 Å². The summed E-state index contributed by atoms with van der Waals surface area (Å²) in [6, 6.07) is 3.25. The first-order valence-corrected chi connectivity index (χ1v) is 4.57. The van der Waals surface area contributed by atoms with E-state index in [4.69, 9.17) is 15.5 Å². The van der Waals surface area contributed by atoms with Crippen LogP contribution in [0.15, 0.2) is 18.5 Å². The van der Waals surface area contributed by atoms with Gasteiger partial charge in [-0.2, -0.15) is 5.26 Å². The molecule has 0 unspecified atom stereocenters. The van der Waals surface area contributed by atoms with E-state index in [1.54, 1.807) is 0 Å². The molecule has 0 spiro atoms. The standard InChI is InChI=1S/C10H9N3O4/c11-3-7-1-2-12-4-8(7)13(5-9(14)15)6-10(16)17/h1-2,4H,5-6H2,(H,14,15)(H,16,17). The first kappa shape index (κ1) is 12.4. The minimum atomic E-state index is -1.18. The van der Waals surface area contributed by atoms with Crippen molar-refractivity contribution in [1.29, 1.82) is 5.26 Å². The summed E-state index contributed by atoms with van der Waals surface area (Å²) in [6.45, 7) is -1.01. The smallest absolute Gasteiger partial charge is 0.323 e. The largest absolute Gasteiger partial charge is 0.480 e. The maximum atomic E-state index is 10.6. The van der Waals surface area contributed by atoms with E-state index in [2.05, 4.69) is 4.98 Å². The zero-order valence-corrected chi connectivity index (χ0v) is 8.70. The van der Waals surface area contributed by atoms with Crippen molar-refractivity contribution >= 4 is 17.6 Å².